The van der Waals surface area contributed by atoms with Gasteiger partial charge >= 0.3 is 0 Å². The van der Waals surface area contributed by atoms with Crippen LogP contribution in [0, 0.1) is 24.4 Å². The molecule has 0 spiro atoms. The van der Waals surface area contributed by atoms with Crippen LogP contribution in [0.2, 0.25) is 0 Å². The Kier molecular flexibility index (Phi) is 5.27. The number of hydrogen-bond donors (Lipinski definition) is 1. The Morgan fingerprint density at radius 3 is 2.54 bits per heavy atom. The van der Waals surface area contributed by atoms with Crippen molar-refractivity contribution >= 4 is 22.9 Å². The number of amides is 1. The standard InChI is InChI=1S/C19H14F3NO2S/c1-11-6-13(20)2-4-16(11)23-19(24)18-7-12(10-26-18)9-25-17-5-3-14(21)8-15(17)22/h2-8,10H,9H2,1H3,(H,23,24). The van der Waals surface area contributed by atoms with Crippen LogP contribution >= 0.6 is 11.3 Å². The SMILES string of the molecule is Cc1cc(F)ccc1NC(=O)c1cc(COc2ccc(F)cc2F)cs1. The Bertz CT molecular complexity index is 956. The van der Waals surface area contributed by atoms with Crippen LogP contribution in [0.4, 0.5) is 18.9 Å². The van der Waals surface area contributed by atoms with Gasteiger partial charge in [-0.2, -0.15) is 0 Å². The number of benzene rings is 2. The monoisotopic (exact) mass is 377 g/mol. The first-order valence-electron chi connectivity index (χ1n) is 7.65. The highest BCUT2D eigenvalue weighted by Crippen LogP contribution is 2.23. The number of anilines is 1. The molecular formula is C19H14F3NO2S. The molecule has 134 valence electrons. The second kappa shape index (κ2) is 7.61. The van der Waals surface area contributed by atoms with Gasteiger partial charge in [-0.05, 0) is 54.3 Å². The van der Waals surface area contributed by atoms with Crippen molar-refractivity contribution in [3.8, 4) is 5.75 Å². The number of hydrogen-bond acceptors (Lipinski definition) is 3. The van der Waals surface area contributed by atoms with E-state index in [4.69, 9.17) is 4.74 Å². The van der Waals surface area contributed by atoms with Crippen molar-refractivity contribution in [1.82, 2.24) is 0 Å². The van der Waals surface area contributed by atoms with Gasteiger partial charge in [0.15, 0.2) is 11.6 Å². The topological polar surface area (TPSA) is 38.3 Å². The molecule has 1 N–H and O–H groups in total. The molecule has 0 aliphatic rings. The first kappa shape index (κ1) is 18.0. The lowest BCUT2D eigenvalue weighted by molar-refractivity contribution is 0.103. The molecule has 1 heterocycles. The molecule has 0 saturated heterocycles. The normalized spacial score (nSPS) is 10.6. The number of ether oxygens (including phenoxy) is 1. The van der Waals surface area contributed by atoms with Crippen molar-refractivity contribution < 1.29 is 22.7 Å². The summed E-state index contributed by atoms with van der Waals surface area (Å²) in [5.41, 5.74) is 1.82. The van der Waals surface area contributed by atoms with Gasteiger partial charge in [-0.3, -0.25) is 4.79 Å². The van der Waals surface area contributed by atoms with E-state index in [0.717, 1.165) is 12.1 Å². The Hall–Kier alpha value is -2.80. The average Bonchev–Trinajstić information content (AvgIpc) is 3.06. The van der Waals surface area contributed by atoms with Crippen molar-refractivity contribution in [2.24, 2.45) is 0 Å². The van der Waals surface area contributed by atoms with E-state index in [2.05, 4.69) is 5.32 Å². The Labute approximate surface area is 152 Å². The largest absolute Gasteiger partial charge is 0.486 e. The minimum Gasteiger partial charge on any atom is -0.486 e. The predicted molar refractivity (Wildman–Crippen MR) is 94.1 cm³/mol. The molecule has 0 atom stereocenters. The van der Waals surface area contributed by atoms with Gasteiger partial charge in [-0.15, -0.1) is 11.3 Å². The minimum atomic E-state index is -0.787. The summed E-state index contributed by atoms with van der Waals surface area (Å²) >= 11 is 1.21. The van der Waals surface area contributed by atoms with Crippen LogP contribution in [0.5, 0.6) is 5.75 Å². The number of carbonyl (C=O) groups is 1. The summed E-state index contributed by atoms with van der Waals surface area (Å²) in [6, 6.07) is 8.79. The van der Waals surface area contributed by atoms with E-state index in [-0.39, 0.29) is 24.1 Å². The average molecular weight is 377 g/mol. The summed E-state index contributed by atoms with van der Waals surface area (Å²) in [5, 5.41) is 4.43. The third-order valence-corrected chi connectivity index (χ3v) is 4.58. The molecule has 1 aromatic heterocycles. The maximum atomic E-state index is 13.5. The van der Waals surface area contributed by atoms with Gasteiger partial charge in [0.2, 0.25) is 0 Å². The first-order valence-corrected chi connectivity index (χ1v) is 8.53. The molecule has 0 aliphatic carbocycles. The summed E-state index contributed by atoms with van der Waals surface area (Å²) < 4.78 is 44.8. The van der Waals surface area contributed by atoms with Gasteiger partial charge in [0, 0.05) is 17.3 Å². The highest BCUT2D eigenvalue weighted by atomic mass is 32.1. The molecule has 1 amide bonds. The summed E-state index contributed by atoms with van der Waals surface area (Å²) in [5.74, 6) is -2.23. The molecule has 3 rings (SSSR count). The molecule has 0 fully saturated rings. The van der Waals surface area contributed by atoms with Crippen LogP contribution in [-0.2, 0) is 6.61 Å². The van der Waals surface area contributed by atoms with Crippen molar-refractivity contribution in [1.29, 1.82) is 0 Å². The van der Waals surface area contributed by atoms with Crippen molar-refractivity contribution in [3.63, 3.8) is 0 Å². The van der Waals surface area contributed by atoms with Gasteiger partial charge in [0.1, 0.15) is 18.2 Å². The molecule has 0 bridgehead atoms. The lowest BCUT2D eigenvalue weighted by Crippen LogP contribution is -2.11. The zero-order valence-electron chi connectivity index (χ0n) is 13.7. The lowest BCUT2D eigenvalue weighted by atomic mass is 10.2. The third kappa shape index (κ3) is 4.23. The third-order valence-electron chi connectivity index (χ3n) is 3.60. The molecule has 0 radical (unpaired) electrons. The van der Waals surface area contributed by atoms with Crippen LogP contribution < -0.4 is 10.1 Å². The Morgan fingerprint density at radius 2 is 1.81 bits per heavy atom. The lowest BCUT2D eigenvalue weighted by Gasteiger charge is -2.07. The number of thiophene rings is 1. The summed E-state index contributed by atoms with van der Waals surface area (Å²) in [7, 11) is 0. The first-order chi connectivity index (χ1) is 12.4. The van der Waals surface area contributed by atoms with E-state index >= 15 is 0 Å². The van der Waals surface area contributed by atoms with Gasteiger partial charge in [-0.25, -0.2) is 13.2 Å². The van der Waals surface area contributed by atoms with Crippen molar-refractivity contribution in [3.05, 3.63) is 81.3 Å². The fourth-order valence-corrected chi connectivity index (χ4v) is 3.07. The van der Waals surface area contributed by atoms with Crippen LogP contribution in [0.1, 0.15) is 20.8 Å². The van der Waals surface area contributed by atoms with Crippen molar-refractivity contribution in [2.75, 3.05) is 5.32 Å². The van der Waals surface area contributed by atoms with Crippen LogP contribution in [0.3, 0.4) is 0 Å². The zero-order chi connectivity index (χ0) is 18.7. The van der Waals surface area contributed by atoms with Gasteiger partial charge in [-0.1, -0.05) is 0 Å². The number of halogens is 3. The molecule has 3 aromatic rings. The molecule has 0 unspecified atom stereocenters. The van der Waals surface area contributed by atoms with Crippen LogP contribution in [0.15, 0.2) is 47.8 Å². The van der Waals surface area contributed by atoms with E-state index in [1.54, 1.807) is 18.4 Å². The van der Waals surface area contributed by atoms with E-state index in [1.807, 2.05) is 0 Å². The van der Waals surface area contributed by atoms with Crippen LogP contribution in [-0.4, -0.2) is 5.91 Å². The number of aryl methyl sites for hydroxylation is 1. The van der Waals surface area contributed by atoms with Crippen LogP contribution in [0.25, 0.3) is 0 Å². The molecule has 0 saturated carbocycles. The fourth-order valence-electron chi connectivity index (χ4n) is 2.27. The zero-order valence-corrected chi connectivity index (χ0v) is 14.5. The van der Waals surface area contributed by atoms with E-state index in [0.29, 0.717) is 21.7 Å². The molecule has 2 aromatic carbocycles. The van der Waals surface area contributed by atoms with Gasteiger partial charge in [0.25, 0.3) is 5.91 Å². The second-order valence-corrected chi connectivity index (χ2v) is 6.51. The highest BCUT2D eigenvalue weighted by Gasteiger charge is 2.12. The van der Waals surface area contributed by atoms with E-state index in [1.165, 1.54) is 35.6 Å². The summed E-state index contributed by atoms with van der Waals surface area (Å²) in [6.07, 6.45) is 0. The maximum Gasteiger partial charge on any atom is 0.265 e. The van der Waals surface area contributed by atoms with E-state index in [9.17, 15) is 18.0 Å². The van der Waals surface area contributed by atoms with Gasteiger partial charge < -0.3 is 10.1 Å². The molecule has 7 heteroatoms. The predicted octanol–water partition coefficient (Wildman–Crippen LogP) is 5.31. The quantitative estimate of drug-likeness (QED) is 0.655. The van der Waals surface area contributed by atoms with Gasteiger partial charge in [0.05, 0.1) is 4.88 Å². The number of carbonyl (C=O) groups excluding carboxylic acids is 1. The number of nitrogens with one attached hydrogen (secondary N) is 1. The molecule has 0 aliphatic heterocycles. The smallest absolute Gasteiger partial charge is 0.265 e. The molecule has 26 heavy (non-hydrogen) atoms. The van der Waals surface area contributed by atoms with E-state index < -0.39 is 11.6 Å². The second-order valence-electron chi connectivity index (χ2n) is 5.60. The Morgan fingerprint density at radius 1 is 1.08 bits per heavy atom. The highest BCUT2D eigenvalue weighted by molar-refractivity contribution is 7.12. The minimum absolute atomic E-state index is 0.0436. The number of rotatable bonds is 5. The molecule has 3 nitrogen and oxygen atoms in total. The maximum absolute atomic E-state index is 13.5. The van der Waals surface area contributed by atoms with Crippen molar-refractivity contribution in [2.45, 2.75) is 13.5 Å². The summed E-state index contributed by atoms with van der Waals surface area (Å²) in [6.45, 7) is 1.74. The fraction of sp³-hybridized carbons (Fsp3) is 0.105. The Balaban J connectivity index is 1.64. The summed E-state index contributed by atoms with van der Waals surface area (Å²) in [4.78, 5) is 12.7. The molecular weight excluding hydrogens is 363 g/mol.